The zero-order valence-corrected chi connectivity index (χ0v) is 13.2. The molecule has 2 aromatic rings. The Kier molecular flexibility index (Phi) is 5.80. The lowest BCUT2D eigenvalue weighted by molar-refractivity contribution is -0.143. The van der Waals surface area contributed by atoms with Crippen LogP contribution in [0.3, 0.4) is 0 Å². The Morgan fingerprint density at radius 2 is 1.60 bits per heavy atom. The average Bonchev–Trinajstić information content (AvgIpc) is 2.61. The van der Waals surface area contributed by atoms with Crippen LogP contribution in [0.4, 0.5) is 13.2 Å². The fourth-order valence-corrected chi connectivity index (χ4v) is 2.17. The largest absolute Gasteiger partial charge is 0.468 e. The molecule has 0 aliphatic carbocycles. The van der Waals surface area contributed by atoms with E-state index in [1.165, 1.54) is 7.11 Å². The molecule has 132 valence electrons. The molecule has 0 radical (unpaired) electrons. The minimum Gasteiger partial charge on any atom is -0.468 e. The fourth-order valence-electron chi connectivity index (χ4n) is 2.17. The second kappa shape index (κ2) is 7.83. The van der Waals surface area contributed by atoms with Crippen LogP contribution in [-0.4, -0.2) is 25.7 Å². The molecule has 2 rings (SSSR count). The maximum absolute atomic E-state index is 12.5. The number of hydrogen-bond donors (Lipinski definition) is 0. The van der Waals surface area contributed by atoms with Gasteiger partial charge in [0.25, 0.3) is 0 Å². The molecule has 0 spiro atoms. The highest BCUT2D eigenvalue weighted by atomic mass is 19.4. The van der Waals surface area contributed by atoms with Crippen LogP contribution in [-0.2, 0) is 20.4 Å². The van der Waals surface area contributed by atoms with Crippen LogP contribution < -0.4 is 0 Å². The minimum absolute atomic E-state index is 0.0373. The summed E-state index contributed by atoms with van der Waals surface area (Å²) in [5.74, 6) is -2.21. The fraction of sp³-hybridized carbons (Fsp3) is 0.222. The molecule has 0 N–H and O–H groups in total. The van der Waals surface area contributed by atoms with Crippen LogP contribution in [0.25, 0.3) is 0 Å². The maximum atomic E-state index is 12.5. The van der Waals surface area contributed by atoms with E-state index in [9.17, 15) is 22.8 Å². The van der Waals surface area contributed by atoms with Crippen molar-refractivity contribution in [2.75, 3.05) is 13.7 Å². The lowest BCUT2D eigenvalue weighted by Gasteiger charge is -2.15. The van der Waals surface area contributed by atoms with E-state index in [0.717, 1.165) is 24.3 Å². The molecule has 0 heterocycles. The van der Waals surface area contributed by atoms with Gasteiger partial charge in [0.15, 0.2) is 0 Å². The van der Waals surface area contributed by atoms with E-state index in [4.69, 9.17) is 9.47 Å². The molecule has 0 fully saturated rings. The van der Waals surface area contributed by atoms with Gasteiger partial charge >= 0.3 is 18.1 Å². The van der Waals surface area contributed by atoms with Crippen molar-refractivity contribution < 1.29 is 32.2 Å². The minimum atomic E-state index is -4.48. The van der Waals surface area contributed by atoms with E-state index in [1.807, 2.05) is 0 Å². The highest BCUT2D eigenvalue weighted by Gasteiger charge is 2.30. The average molecular weight is 352 g/mol. The summed E-state index contributed by atoms with van der Waals surface area (Å²) < 4.78 is 47.3. The molecule has 2 aromatic carbocycles. The van der Waals surface area contributed by atoms with Crippen LogP contribution in [0.1, 0.15) is 27.4 Å². The summed E-state index contributed by atoms with van der Waals surface area (Å²) >= 11 is 0. The van der Waals surface area contributed by atoms with Crippen molar-refractivity contribution in [2.45, 2.75) is 12.1 Å². The van der Waals surface area contributed by atoms with Gasteiger partial charge < -0.3 is 9.47 Å². The Morgan fingerprint density at radius 1 is 1.00 bits per heavy atom. The molecular weight excluding hydrogens is 337 g/mol. The van der Waals surface area contributed by atoms with Gasteiger partial charge in [0, 0.05) is 0 Å². The molecule has 0 saturated heterocycles. The second-order valence-corrected chi connectivity index (χ2v) is 5.16. The van der Waals surface area contributed by atoms with Crippen LogP contribution >= 0.6 is 0 Å². The first-order chi connectivity index (χ1) is 11.8. The predicted molar refractivity (Wildman–Crippen MR) is 82.9 cm³/mol. The summed E-state index contributed by atoms with van der Waals surface area (Å²) in [7, 11) is 1.22. The topological polar surface area (TPSA) is 52.6 Å². The number of benzene rings is 2. The molecule has 0 aliphatic heterocycles. The summed E-state index contributed by atoms with van der Waals surface area (Å²) in [6.45, 7) is -0.281. The molecular formula is C18H15F3O4. The van der Waals surface area contributed by atoms with Crippen molar-refractivity contribution in [3.8, 4) is 0 Å². The monoisotopic (exact) mass is 352 g/mol. The van der Waals surface area contributed by atoms with Crippen LogP contribution in [0.5, 0.6) is 0 Å². The summed E-state index contributed by atoms with van der Waals surface area (Å²) in [5, 5.41) is 0. The third-order valence-corrected chi connectivity index (χ3v) is 3.52. The number of hydrogen-bond acceptors (Lipinski definition) is 4. The third kappa shape index (κ3) is 4.82. The SMILES string of the molecule is COC(=O)[C@H](COC(=O)c1ccc(C(F)(F)F)cc1)c1ccccc1. The van der Waals surface area contributed by atoms with Crippen molar-refractivity contribution >= 4 is 11.9 Å². The Balaban J connectivity index is 2.07. The Labute approximate surface area is 142 Å². The van der Waals surface area contributed by atoms with E-state index in [-0.39, 0.29) is 12.2 Å². The lowest BCUT2D eigenvalue weighted by Crippen LogP contribution is -2.21. The first-order valence-corrected chi connectivity index (χ1v) is 7.30. The number of carbonyl (C=O) groups excluding carboxylic acids is 2. The van der Waals surface area contributed by atoms with Crippen LogP contribution in [0, 0.1) is 0 Å². The van der Waals surface area contributed by atoms with Gasteiger partial charge in [-0.05, 0) is 29.8 Å². The van der Waals surface area contributed by atoms with Crippen molar-refractivity contribution in [1.82, 2.24) is 0 Å². The summed E-state index contributed by atoms with van der Waals surface area (Å²) in [5.41, 5.74) is -0.292. The number of rotatable bonds is 5. The van der Waals surface area contributed by atoms with Gasteiger partial charge in [-0.15, -0.1) is 0 Å². The number of ether oxygens (including phenoxy) is 2. The summed E-state index contributed by atoms with van der Waals surface area (Å²) in [6.07, 6.45) is -4.48. The Hall–Kier alpha value is -2.83. The number of carbonyl (C=O) groups is 2. The van der Waals surface area contributed by atoms with E-state index < -0.39 is 29.6 Å². The third-order valence-electron chi connectivity index (χ3n) is 3.52. The predicted octanol–water partition coefficient (Wildman–Crippen LogP) is 3.82. The standard InChI is InChI=1S/C18H15F3O4/c1-24-17(23)15(12-5-3-2-4-6-12)11-25-16(22)13-7-9-14(10-8-13)18(19,20)21/h2-10,15H,11H2,1H3/t15-/m1/s1. The molecule has 25 heavy (non-hydrogen) atoms. The smallest absolute Gasteiger partial charge is 0.416 e. The number of esters is 2. The van der Waals surface area contributed by atoms with Crippen LogP contribution in [0.15, 0.2) is 54.6 Å². The zero-order valence-electron chi connectivity index (χ0n) is 13.2. The molecule has 0 amide bonds. The molecule has 0 saturated carbocycles. The quantitative estimate of drug-likeness (QED) is 0.768. The first-order valence-electron chi connectivity index (χ1n) is 7.30. The van der Waals surface area contributed by atoms with Crippen molar-refractivity contribution in [1.29, 1.82) is 0 Å². The van der Waals surface area contributed by atoms with Gasteiger partial charge in [-0.2, -0.15) is 13.2 Å². The van der Waals surface area contributed by atoms with E-state index >= 15 is 0 Å². The Morgan fingerprint density at radius 3 is 2.12 bits per heavy atom. The van der Waals surface area contributed by atoms with Gasteiger partial charge in [0.1, 0.15) is 12.5 Å². The van der Waals surface area contributed by atoms with Crippen molar-refractivity contribution in [3.63, 3.8) is 0 Å². The van der Waals surface area contributed by atoms with Crippen LogP contribution in [0.2, 0.25) is 0 Å². The molecule has 0 aromatic heterocycles. The highest BCUT2D eigenvalue weighted by Crippen LogP contribution is 2.29. The molecule has 0 bridgehead atoms. The van der Waals surface area contributed by atoms with E-state index in [2.05, 4.69) is 0 Å². The summed E-state index contributed by atoms with van der Waals surface area (Å²) in [6, 6.07) is 12.2. The molecule has 0 aliphatic rings. The van der Waals surface area contributed by atoms with Gasteiger partial charge in [-0.3, -0.25) is 4.79 Å². The van der Waals surface area contributed by atoms with Crippen molar-refractivity contribution in [3.05, 3.63) is 71.3 Å². The van der Waals surface area contributed by atoms with Gasteiger partial charge in [-0.1, -0.05) is 30.3 Å². The normalized spacial score (nSPS) is 12.3. The zero-order chi connectivity index (χ0) is 18.4. The van der Waals surface area contributed by atoms with Gasteiger partial charge in [-0.25, -0.2) is 4.79 Å². The van der Waals surface area contributed by atoms with Gasteiger partial charge in [0.2, 0.25) is 0 Å². The highest BCUT2D eigenvalue weighted by molar-refractivity contribution is 5.89. The Bertz CT molecular complexity index is 724. The van der Waals surface area contributed by atoms with Gasteiger partial charge in [0.05, 0.1) is 18.2 Å². The maximum Gasteiger partial charge on any atom is 0.416 e. The molecule has 4 nitrogen and oxygen atoms in total. The van der Waals surface area contributed by atoms with E-state index in [1.54, 1.807) is 30.3 Å². The molecule has 1 atom stereocenters. The molecule has 0 unspecified atom stereocenters. The first kappa shape index (κ1) is 18.5. The lowest BCUT2D eigenvalue weighted by atomic mass is 10.0. The van der Waals surface area contributed by atoms with Crippen molar-refractivity contribution in [2.24, 2.45) is 0 Å². The molecule has 7 heteroatoms. The van der Waals surface area contributed by atoms with E-state index in [0.29, 0.717) is 5.56 Å². The second-order valence-electron chi connectivity index (χ2n) is 5.16. The number of methoxy groups -OCH3 is 1. The summed E-state index contributed by atoms with van der Waals surface area (Å²) in [4.78, 5) is 23.9. The number of halogens is 3. The number of alkyl halides is 3.